The fourth-order valence-electron chi connectivity index (χ4n) is 2.34. The molecule has 7 heteroatoms. The van der Waals surface area contributed by atoms with Gasteiger partial charge in [0.2, 0.25) is 0 Å². The highest BCUT2D eigenvalue weighted by atomic mass is 32.1. The largest absolute Gasteiger partial charge is 0.427 e. The lowest BCUT2D eigenvalue weighted by molar-refractivity contribution is -0.134. The molecule has 0 aromatic carbocycles. The number of hydrogen-bond acceptors (Lipinski definition) is 4. The second-order valence-corrected chi connectivity index (χ2v) is 6.20. The van der Waals surface area contributed by atoms with Crippen LogP contribution in [0.3, 0.4) is 0 Å². The zero-order valence-electron chi connectivity index (χ0n) is 9.85. The number of thiophene rings is 1. The molecular weight excluding hydrogens is 293 g/mol. The van der Waals surface area contributed by atoms with Crippen molar-refractivity contribution in [2.75, 3.05) is 11.4 Å². The molecule has 2 nitrogen and oxygen atoms in total. The Labute approximate surface area is 116 Å². The highest BCUT2D eigenvalue weighted by Gasteiger charge is 2.35. The SMILES string of the molecule is FC(F)(F)c1cnc(N2CCCC2c2ccsc2)s1. The standard InChI is InChI=1S/C12H11F3N2S2/c13-12(14,15)10-6-16-11(19-10)17-4-1-2-9(17)8-3-5-18-7-8/h3,5-7,9H,1-2,4H2. The van der Waals surface area contributed by atoms with E-state index in [-0.39, 0.29) is 6.04 Å². The molecule has 1 unspecified atom stereocenters. The molecule has 0 saturated carbocycles. The van der Waals surface area contributed by atoms with Crippen LogP contribution in [0.2, 0.25) is 0 Å². The number of alkyl halides is 3. The Morgan fingerprint density at radius 2 is 2.21 bits per heavy atom. The molecule has 0 radical (unpaired) electrons. The van der Waals surface area contributed by atoms with Gasteiger partial charge >= 0.3 is 6.18 Å². The minimum absolute atomic E-state index is 0.165. The molecule has 0 aliphatic carbocycles. The van der Waals surface area contributed by atoms with Gasteiger partial charge in [-0.2, -0.15) is 24.5 Å². The first-order valence-corrected chi connectivity index (χ1v) is 7.63. The second kappa shape index (κ2) is 4.79. The maximum atomic E-state index is 12.6. The van der Waals surface area contributed by atoms with E-state index < -0.39 is 11.1 Å². The lowest BCUT2D eigenvalue weighted by atomic mass is 10.1. The molecule has 0 amide bonds. The minimum atomic E-state index is -4.30. The highest BCUT2D eigenvalue weighted by molar-refractivity contribution is 7.15. The molecule has 19 heavy (non-hydrogen) atoms. The summed E-state index contributed by atoms with van der Waals surface area (Å²) in [5.74, 6) is 0. The van der Waals surface area contributed by atoms with Gasteiger partial charge in [-0.1, -0.05) is 11.3 Å². The van der Waals surface area contributed by atoms with Crippen molar-refractivity contribution in [2.24, 2.45) is 0 Å². The summed E-state index contributed by atoms with van der Waals surface area (Å²) in [5, 5.41) is 4.52. The molecule has 0 N–H and O–H groups in total. The van der Waals surface area contributed by atoms with Gasteiger partial charge in [0.1, 0.15) is 4.88 Å². The van der Waals surface area contributed by atoms with E-state index in [2.05, 4.69) is 10.4 Å². The molecule has 0 spiro atoms. The third-order valence-electron chi connectivity index (χ3n) is 3.20. The quantitative estimate of drug-likeness (QED) is 0.808. The Morgan fingerprint density at radius 1 is 1.37 bits per heavy atom. The lowest BCUT2D eigenvalue weighted by Crippen LogP contribution is -2.21. The molecule has 1 aliphatic rings. The third-order valence-corrected chi connectivity index (χ3v) is 4.98. The first kappa shape index (κ1) is 12.9. The van der Waals surface area contributed by atoms with Gasteiger partial charge in [0.25, 0.3) is 0 Å². The number of hydrogen-bond donors (Lipinski definition) is 0. The predicted octanol–water partition coefficient (Wildman–Crippen LogP) is 4.56. The first-order chi connectivity index (χ1) is 9.05. The number of nitrogens with zero attached hydrogens (tertiary/aromatic N) is 2. The Hall–Kier alpha value is -1.08. The van der Waals surface area contributed by atoms with Gasteiger partial charge in [-0.3, -0.25) is 0 Å². The Kier molecular flexibility index (Phi) is 3.26. The van der Waals surface area contributed by atoms with E-state index >= 15 is 0 Å². The summed E-state index contributed by atoms with van der Waals surface area (Å²) in [6.07, 6.45) is -1.41. The van der Waals surface area contributed by atoms with Gasteiger partial charge in [0.15, 0.2) is 5.13 Å². The van der Waals surface area contributed by atoms with E-state index in [1.807, 2.05) is 16.3 Å². The number of halogens is 3. The molecule has 2 aromatic rings. The van der Waals surface area contributed by atoms with Crippen LogP contribution in [0.1, 0.15) is 29.3 Å². The van der Waals surface area contributed by atoms with Gasteiger partial charge in [-0.15, -0.1) is 0 Å². The summed E-state index contributed by atoms with van der Waals surface area (Å²) < 4.78 is 37.8. The van der Waals surface area contributed by atoms with Crippen molar-refractivity contribution in [1.82, 2.24) is 4.98 Å². The lowest BCUT2D eigenvalue weighted by Gasteiger charge is -2.23. The Morgan fingerprint density at radius 3 is 2.84 bits per heavy atom. The summed E-state index contributed by atoms with van der Waals surface area (Å²) in [7, 11) is 0. The van der Waals surface area contributed by atoms with Crippen molar-refractivity contribution in [3.05, 3.63) is 33.5 Å². The average Bonchev–Trinajstić information content (AvgIpc) is 3.09. The van der Waals surface area contributed by atoms with E-state index in [0.29, 0.717) is 5.13 Å². The average molecular weight is 304 g/mol. The summed E-state index contributed by atoms with van der Waals surface area (Å²) in [6, 6.07) is 2.20. The van der Waals surface area contributed by atoms with Crippen LogP contribution in [-0.2, 0) is 6.18 Å². The third kappa shape index (κ3) is 2.49. The van der Waals surface area contributed by atoms with Crippen molar-refractivity contribution < 1.29 is 13.2 Å². The van der Waals surface area contributed by atoms with Crippen LogP contribution < -0.4 is 4.90 Å². The van der Waals surface area contributed by atoms with Gasteiger partial charge in [0, 0.05) is 6.54 Å². The molecule has 102 valence electrons. The molecule has 0 bridgehead atoms. The second-order valence-electron chi connectivity index (χ2n) is 4.41. The normalized spacial score (nSPS) is 20.2. The van der Waals surface area contributed by atoms with Crippen LogP contribution in [0.5, 0.6) is 0 Å². The Bertz CT molecular complexity index is 548. The number of anilines is 1. The predicted molar refractivity (Wildman–Crippen MR) is 70.8 cm³/mol. The molecule has 1 atom stereocenters. The molecule has 1 saturated heterocycles. The molecular formula is C12H11F3N2S2. The smallest absolute Gasteiger partial charge is 0.341 e. The molecule has 3 heterocycles. The molecule has 1 aliphatic heterocycles. The summed E-state index contributed by atoms with van der Waals surface area (Å²) >= 11 is 2.34. The topological polar surface area (TPSA) is 16.1 Å². The van der Waals surface area contributed by atoms with E-state index in [0.717, 1.165) is 36.9 Å². The molecule has 2 aromatic heterocycles. The minimum Gasteiger partial charge on any atom is -0.341 e. The summed E-state index contributed by atoms with van der Waals surface area (Å²) in [4.78, 5) is 5.31. The Balaban J connectivity index is 1.87. The van der Waals surface area contributed by atoms with Crippen molar-refractivity contribution >= 4 is 27.8 Å². The van der Waals surface area contributed by atoms with Crippen molar-refractivity contribution in [3.8, 4) is 0 Å². The summed E-state index contributed by atoms with van der Waals surface area (Å²) in [6.45, 7) is 0.769. The monoisotopic (exact) mass is 304 g/mol. The van der Waals surface area contributed by atoms with E-state index in [9.17, 15) is 13.2 Å². The highest BCUT2D eigenvalue weighted by Crippen LogP contribution is 2.42. The van der Waals surface area contributed by atoms with Crippen LogP contribution in [0.4, 0.5) is 18.3 Å². The van der Waals surface area contributed by atoms with Crippen LogP contribution >= 0.6 is 22.7 Å². The van der Waals surface area contributed by atoms with Crippen LogP contribution in [-0.4, -0.2) is 11.5 Å². The van der Waals surface area contributed by atoms with Gasteiger partial charge in [-0.25, -0.2) is 4.98 Å². The van der Waals surface area contributed by atoms with Gasteiger partial charge in [0.05, 0.1) is 12.2 Å². The fourth-order valence-corrected chi connectivity index (χ4v) is 3.90. The number of rotatable bonds is 2. The van der Waals surface area contributed by atoms with E-state index in [4.69, 9.17) is 0 Å². The zero-order chi connectivity index (χ0) is 13.5. The van der Waals surface area contributed by atoms with Gasteiger partial charge < -0.3 is 4.90 Å². The van der Waals surface area contributed by atoms with Gasteiger partial charge in [-0.05, 0) is 35.2 Å². The van der Waals surface area contributed by atoms with E-state index in [1.165, 1.54) is 5.56 Å². The van der Waals surface area contributed by atoms with E-state index in [1.54, 1.807) is 11.3 Å². The van der Waals surface area contributed by atoms with Crippen LogP contribution in [0, 0.1) is 0 Å². The first-order valence-electron chi connectivity index (χ1n) is 5.87. The van der Waals surface area contributed by atoms with Crippen LogP contribution in [0.15, 0.2) is 23.0 Å². The fraction of sp³-hybridized carbons (Fsp3) is 0.417. The van der Waals surface area contributed by atoms with Crippen molar-refractivity contribution in [2.45, 2.75) is 25.1 Å². The van der Waals surface area contributed by atoms with Crippen molar-refractivity contribution in [3.63, 3.8) is 0 Å². The summed E-state index contributed by atoms with van der Waals surface area (Å²) in [5.41, 5.74) is 1.17. The maximum Gasteiger partial charge on any atom is 0.427 e. The number of aromatic nitrogens is 1. The van der Waals surface area contributed by atoms with Crippen LogP contribution in [0.25, 0.3) is 0 Å². The zero-order valence-corrected chi connectivity index (χ0v) is 11.5. The molecule has 3 rings (SSSR count). The van der Waals surface area contributed by atoms with Crippen molar-refractivity contribution in [1.29, 1.82) is 0 Å². The molecule has 1 fully saturated rings. The number of thiazole rings is 1. The maximum absolute atomic E-state index is 12.6.